The first kappa shape index (κ1) is 9.96. The van der Waals surface area contributed by atoms with Crippen LogP contribution in [0.25, 0.3) is 0 Å². The standard InChI is InChI=1S/C11H14FN3/c1-7-6-8(12)2-5-10(7)15-11(13)14-9-3-4-9/h2,5-6,9H,3-4H2,1H3,(H3,13,14,15). The van der Waals surface area contributed by atoms with Crippen molar-refractivity contribution in [3.63, 3.8) is 0 Å². The van der Waals surface area contributed by atoms with Gasteiger partial charge in [0.05, 0.1) is 6.04 Å². The summed E-state index contributed by atoms with van der Waals surface area (Å²) in [4.78, 5) is 4.24. The summed E-state index contributed by atoms with van der Waals surface area (Å²) in [6.07, 6.45) is 2.23. The van der Waals surface area contributed by atoms with Crippen molar-refractivity contribution in [2.24, 2.45) is 10.7 Å². The van der Waals surface area contributed by atoms with Gasteiger partial charge in [0.2, 0.25) is 0 Å². The van der Waals surface area contributed by atoms with Crippen LogP contribution in [0.15, 0.2) is 23.2 Å². The number of nitrogens with one attached hydrogen (secondary N) is 1. The molecule has 0 spiro atoms. The molecule has 15 heavy (non-hydrogen) atoms. The summed E-state index contributed by atoms with van der Waals surface area (Å²) in [6, 6.07) is 4.92. The highest BCUT2D eigenvalue weighted by Crippen LogP contribution is 2.23. The predicted octanol–water partition coefficient (Wildman–Crippen LogP) is 2.02. The number of hydrogen-bond acceptors (Lipinski definition) is 1. The Bertz CT molecular complexity index is 397. The van der Waals surface area contributed by atoms with Gasteiger partial charge in [-0.25, -0.2) is 9.38 Å². The third kappa shape index (κ3) is 2.68. The van der Waals surface area contributed by atoms with Gasteiger partial charge >= 0.3 is 0 Å². The normalized spacial score (nSPS) is 16.5. The lowest BCUT2D eigenvalue weighted by molar-refractivity contribution is 0.627. The zero-order valence-electron chi connectivity index (χ0n) is 8.63. The van der Waals surface area contributed by atoms with E-state index in [-0.39, 0.29) is 5.82 Å². The van der Waals surface area contributed by atoms with E-state index in [0.717, 1.165) is 24.1 Å². The Morgan fingerprint density at radius 2 is 2.27 bits per heavy atom. The minimum atomic E-state index is -0.240. The molecule has 0 aromatic heterocycles. The number of nitrogens with two attached hydrogens (primary N) is 1. The summed E-state index contributed by atoms with van der Waals surface area (Å²) in [5, 5.41) is 2.97. The van der Waals surface area contributed by atoms with E-state index >= 15 is 0 Å². The van der Waals surface area contributed by atoms with Gasteiger partial charge in [-0.15, -0.1) is 0 Å². The van der Waals surface area contributed by atoms with Crippen molar-refractivity contribution in [2.45, 2.75) is 25.8 Å². The van der Waals surface area contributed by atoms with Crippen LogP contribution in [0.1, 0.15) is 18.4 Å². The Balaban J connectivity index is 2.09. The number of aryl methyl sites for hydroxylation is 1. The lowest BCUT2D eigenvalue weighted by Crippen LogP contribution is -2.23. The molecule has 0 radical (unpaired) electrons. The van der Waals surface area contributed by atoms with E-state index < -0.39 is 0 Å². The van der Waals surface area contributed by atoms with E-state index in [1.807, 2.05) is 6.92 Å². The third-order valence-electron chi connectivity index (χ3n) is 2.32. The van der Waals surface area contributed by atoms with Crippen molar-refractivity contribution in [1.82, 2.24) is 0 Å². The van der Waals surface area contributed by atoms with Crippen LogP contribution in [-0.4, -0.2) is 12.0 Å². The SMILES string of the molecule is Cc1cc(F)ccc1NC(N)=NC1CC1. The second kappa shape index (κ2) is 3.88. The van der Waals surface area contributed by atoms with E-state index in [9.17, 15) is 4.39 Å². The second-order valence-corrected chi connectivity index (χ2v) is 3.83. The molecule has 0 aliphatic heterocycles. The van der Waals surface area contributed by atoms with E-state index in [1.54, 1.807) is 6.07 Å². The van der Waals surface area contributed by atoms with Crippen LogP contribution in [0.5, 0.6) is 0 Å². The molecule has 3 nitrogen and oxygen atoms in total. The minimum Gasteiger partial charge on any atom is -0.370 e. The minimum absolute atomic E-state index is 0.240. The highest BCUT2D eigenvalue weighted by Gasteiger charge is 2.20. The largest absolute Gasteiger partial charge is 0.370 e. The molecular weight excluding hydrogens is 193 g/mol. The van der Waals surface area contributed by atoms with Crippen molar-refractivity contribution >= 4 is 11.6 Å². The Labute approximate surface area is 88.2 Å². The number of benzene rings is 1. The highest BCUT2D eigenvalue weighted by molar-refractivity contribution is 5.93. The third-order valence-corrected chi connectivity index (χ3v) is 2.32. The quantitative estimate of drug-likeness (QED) is 0.576. The molecule has 2 rings (SSSR count). The molecule has 1 aromatic carbocycles. The zero-order valence-corrected chi connectivity index (χ0v) is 8.63. The summed E-state index contributed by atoms with van der Waals surface area (Å²) in [5.74, 6) is 0.169. The van der Waals surface area contributed by atoms with Crippen LogP contribution in [0.2, 0.25) is 0 Å². The van der Waals surface area contributed by atoms with Gasteiger partial charge < -0.3 is 11.1 Å². The van der Waals surface area contributed by atoms with Crippen LogP contribution >= 0.6 is 0 Å². The summed E-state index contributed by atoms with van der Waals surface area (Å²) in [7, 11) is 0. The van der Waals surface area contributed by atoms with Gasteiger partial charge in [0, 0.05) is 5.69 Å². The molecular formula is C11H14FN3. The maximum absolute atomic E-state index is 12.8. The molecule has 1 aromatic rings. The lowest BCUT2D eigenvalue weighted by Gasteiger charge is -2.08. The number of hydrogen-bond donors (Lipinski definition) is 2. The first-order valence-corrected chi connectivity index (χ1v) is 5.01. The van der Waals surface area contributed by atoms with Crippen molar-refractivity contribution in [3.05, 3.63) is 29.6 Å². The summed E-state index contributed by atoms with van der Waals surface area (Å²) in [6.45, 7) is 1.83. The number of nitrogens with zero attached hydrogens (tertiary/aromatic N) is 1. The average molecular weight is 207 g/mol. The van der Waals surface area contributed by atoms with Gasteiger partial charge in [-0.1, -0.05) is 0 Å². The summed E-state index contributed by atoms with van der Waals surface area (Å²) < 4.78 is 12.8. The molecule has 0 amide bonds. The molecule has 1 fully saturated rings. The highest BCUT2D eigenvalue weighted by atomic mass is 19.1. The number of rotatable bonds is 2. The predicted molar refractivity (Wildman–Crippen MR) is 59.4 cm³/mol. The molecule has 0 saturated heterocycles. The molecule has 0 bridgehead atoms. The Hall–Kier alpha value is -1.58. The van der Waals surface area contributed by atoms with Gasteiger partial charge in [-0.05, 0) is 43.5 Å². The van der Waals surface area contributed by atoms with E-state index in [4.69, 9.17) is 5.73 Å². The number of aliphatic imine (C=N–C) groups is 1. The van der Waals surface area contributed by atoms with Crippen LogP contribution in [0, 0.1) is 12.7 Å². The van der Waals surface area contributed by atoms with Gasteiger partial charge in [-0.3, -0.25) is 0 Å². The van der Waals surface area contributed by atoms with Gasteiger partial charge in [-0.2, -0.15) is 0 Å². The van der Waals surface area contributed by atoms with Crippen molar-refractivity contribution in [2.75, 3.05) is 5.32 Å². The fourth-order valence-corrected chi connectivity index (χ4v) is 1.34. The Morgan fingerprint density at radius 1 is 1.53 bits per heavy atom. The molecule has 80 valence electrons. The Kier molecular flexibility index (Phi) is 2.58. The Morgan fingerprint density at radius 3 is 2.87 bits per heavy atom. The first-order valence-electron chi connectivity index (χ1n) is 5.01. The smallest absolute Gasteiger partial charge is 0.193 e. The number of anilines is 1. The first-order chi connectivity index (χ1) is 7.15. The fraction of sp³-hybridized carbons (Fsp3) is 0.364. The molecule has 4 heteroatoms. The van der Waals surface area contributed by atoms with Crippen molar-refractivity contribution in [3.8, 4) is 0 Å². The van der Waals surface area contributed by atoms with Gasteiger partial charge in [0.15, 0.2) is 5.96 Å². The maximum Gasteiger partial charge on any atom is 0.193 e. The number of halogens is 1. The van der Waals surface area contributed by atoms with E-state index in [1.165, 1.54) is 12.1 Å². The van der Waals surface area contributed by atoms with Crippen LogP contribution < -0.4 is 11.1 Å². The molecule has 1 aliphatic rings. The molecule has 1 saturated carbocycles. The average Bonchev–Trinajstić information content (AvgIpc) is 2.94. The maximum atomic E-state index is 12.8. The number of guanidine groups is 1. The summed E-state index contributed by atoms with van der Waals surface area (Å²) >= 11 is 0. The molecule has 0 unspecified atom stereocenters. The van der Waals surface area contributed by atoms with Crippen molar-refractivity contribution < 1.29 is 4.39 Å². The van der Waals surface area contributed by atoms with Gasteiger partial charge in [0.25, 0.3) is 0 Å². The lowest BCUT2D eigenvalue weighted by atomic mass is 10.2. The topological polar surface area (TPSA) is 50.4 Å². The monoisotopic (exact) mass is 207 g/mol. The van der Waals surface area contributed by atoms with Crippen molar-refractivity contribution in [1.29, 1.82) is 0 Å². The molecule has 0 atom stereocenters. The van der Waals surface area contributed by atoms with Crippen LogP contribution in [0.3, 0.4) is 0 Å². The second-order valence-electron chi connectivity index (χ2n) is 3.83. The van der Waals surface area contributed by atoms with E-state index in [0.29, 0.717) is 12.0 Å². The molecule has 3 N–H and O–H groups in total. The zero-order chi connectivity index (χ0) is 10.8. The molecule has 1 aliphatic carbocycles. The fourth-order valence-electron chi connectivity index (χ4n) is 1.34. The van der Waals surface area contributed by atoms with E-state index in [2.05, 4.69) is 10.3 Å². The summed E-state index contributed by atoms with van der Waals surface area (Å²) in [5.41, 5.74) is 7.33. The van der Waals surface area contributed by atoms with Gasteiger partial charge in [0.1, 0.15) is 5.82 Å². The van der Waals surface area contributed by atoms with Crippen LogP contribution in [0.4, 0.5) is 10.1 Å². The van der Waals surface area contributed by atoms with Crippen LogP contribution in [-0.2, 0) is 0 Å². The molecule has 0 heterocycles.